The summed E-state index contributed by atoms with van der Waals surface area (Å²) in [6.45, 7) is 1.20. The molecule has 2 bridgehead atoms. The quantitative estimate of drug-likeness (QED) is 0.744. The average Bonchev–Trinajstić information content (AvgIpc) is 2.77. The molecule has 0 unspecified atom stereocenters. The van der Waals surface area contributed by atoms with Gasteiger partial charge in [-0.25, -0.2) is 14.8 Å². The second-order valence-electron chi connectivity index (χ2n) is 5.82. The zero-order valence-electron chi connectivity index (χ0n) is 12.0. The molecule has 0 spiro atoms. The second kappa shape index (κ2) is 5.45. The van der Waals surface area contributed by atoms with Crippen molar-refractivity contribution in [3.05, 3.63) is 22.0 Å². The van der Waals surface area contributed by atoms with E-state index < -0.39 is 6.09 Å². The summed E-state index contributed by atoms with van der Waals surface area (Å²) < 4.78 is 0.821. The summed E-state index contributed by atoms with van der Waals surface area (Å²) in [6.07, 6.45) is 2.61. The van der Waals surface area contributed by atoms with Crippen molar-refractivity contribution >= 4 is 50.5 Å². The molecule has 2 atom stereocenters. The molecule has 9 heteroatoms. The van der Waals surface area contributed by atoms with Crippen LogP contribution in [0, 0.1) is 0 Å². The molecule has 4 rings (SSSR count). The van der Waals surface area contributed by atoms with Crippen molar-refractivity contribution in [3.8, 4) is 0 Å². The lowest BCUT2D eigenvalue weighted by Gasteiger charge is -2.40. The van der Waals surface area contributed by atoms with Crippen LogP contribution < -0.4 is 4.90 Å². The normalized spacial score (nSPS) is 23.6. The smallest absolute Gasteiger partial charge is 0.407 e. The van der Waals surface area contributed by atoms with Gasteiger partial charge in [-0.1, -0.05) is 0 Å². The summed E-state index contributed by atoms with van der Waals surface area (Å²) in [5, 5.41) is 9.53. The number of aromatic nitrogens is 3. The molecule has 23 heavy (non-hydrogen) atoms. The van der Waals surface area contributed by atoms with Gasteiger partial charge < -0.3 is 10.0 Å². The molecule has 1 N–H and O–H groups in total. The highest BCUT2D eigenvalue weighted by Crippen LogP contribution is 2.34. The van der Waals surface area contributed by atoms with Gasteiger partial charge in [-0.2, -0.15) is 4.98 Å². The highest BCUT2D eigenvalue weighted by molar-refractivity contribution is 9.10. The lowest BCUT2D eigenvalue weighted by molar-refractivity contribution is 0.114. The SMILES string of the molecule is O=C(O)N1[C@@H]2CC[C@H]1CN(c1nc(Cl)nc3cc(Br)cnc13)C2. The van der Waals surface area contributed by atoms with Crippen molar-refractivity contribution in [1.82, 2.24) is 19.9 Å². The summed E-state index contributed by atoms with van der Waals surface area (Å²) in [6, 6.07) is 1.83. The monoisotopic (exact) mass is 397 g/mol. The zero-order chi connectivity index (χ0) is 16.1. The Hall–Kier alpha value is -1.67. The first-order valence-electron chi connectivity index (χ1n) is 7.28. The summed E-state index contributed by atoms with van der Waals surface area (Å²) >= 11 is 9.45. The first kappa shape index (κ1) is 14.9. The van der Waals surface area contributed by atoms with Crippen LogP contribution in [-0.4, -0.2) is 56.2 Å². The molecular formula is C14H13BrClN5O2. The van der Waals surface area contributed by atoms with Gasteiger partial charge in [0.25, 0.3) is 0 Å². The number of hydrogen-bond acceptors (Lipinski definition) is 5. The minimum atomic E-state index is -0.843. The molecule has 4 heterocycles. The molecular weight excluding hydrogens is 386 g/mol. The topological polar surface area (TPSA) is 82.5 Å². The minimum Gasteiger partial charge on any atom is -0.465 e. The number of rotatable bonds is 1. The number of pyridine rings is 1. The molecule has 2 aliphatic rings. The fraction of sp³-hybridized carbons (Fsp3) is 0.429. The predicted molar refractivity (Wildman–Crippen MR) is 88.9 cm³/mol. The number of nitrogens with zero attached hydrogens (tertiary/aromatic N) is 5. The maximum Gasteiger partial charge on any atom is 0.407 e. The highest BCUT2D eigenvalue weighted by Gasteiger charge is 2.43. The third-order valence-corrected chi connectivity index (χ3v) is 5.06. The molecule has 2 aromatic rings. The third kappa shape index (κ3) is 2.49. The number of piperazine rings is 1. The average molecular weight is 399 g/mol. The Kier molecular flexibility index (Phi) is 3.53. The molecule has 0 saturated carbocycles. The standard InChI is InChI=1S/C14H13BrClN5O2/c15-7-3-10-11(17-4-7)12(19-13(16)18-10)20-5-8-1-2-9(6-20)21(8)14(22)23/h3-4,8-9H,1-2,5-6H2,(H,22,23)/t8-,9+. The van der Waals surface area contributed by atoms with Gasteiger partial charge in [0.1, 0.15) is 5.52 Å². The lowest BCUT2D eigenvalue weighted by Crippen LogP contribution is -2.55. The Balaban J connectivity index is 1.75. The number of anilines is 1. The molecule has 2 fully saturated rings. The van der Waals surface area contributed by atoms with E-state index in [-0.39, 0.29) is 17.4 Å². The van der Waals surface area contributed by atoms with E-state index in [1.807, 2.05) is 6.07 Å². The fourth-order valence-corrected chi connectivity index (χ4v) is 4.05. The van der Waals surface area contributed by atoms with Crippen molar-refractivity contribution in [2.24, 2.45) is 0 Å². The van der Waals surface area contributed by atoms with Crippen molar-refractivity contribution < 1.29 is 9.90 Å². The van der Waals surface area contributed by atoms with Crippen LogP contribution in [0.15, 0.2) is 16.7 Å². The highest BCUT2D eigenvalue weighted by atomic mass is 79.9. The fourth-order valence-electron chi connectivity index (χ4n) is 3.56. The van der Waals surface area contributed by atoms with E-state index in [1.165, 1.54) is 0 Å². The van der Waals surface area contributed by atoms with Crippen molar-refractivity contribution in [2.75, 3.05) is 18.0 Å². The van der Waals surface area contributed by atoms with E-state index in [9.17, 15) is 9.90 Å². The van der Waals surface area contributed by atoms with E-state index in [4.69, 9.17) is 11.6 Å². The molecule has 2 aromatic heterocycles. The van der Waals surface area contributed by atoms with Crippen LogP contribution >= 0.6 is 27.5 Å². The first-order chi connectivity index (χ1) is 11.0. The number of halogens is 2. The summed E-state index contributed by atoms with van der Waals surface area (Å²) in [4.78, 5) is 28.1. The van der Waals surface area contributed by atoms with Gasteiger partial charge in [0, 0.05) is 23.8 Å². The molecule has 120 valence electrons. The maximum atomic E-state index is 11.4. The van der Waals surface area contributed by atoms with Gasteiger partial charge in [0.2, 0.25) is 5.28 Å². The van der Waals surface area contributed by atoms with Gasteiger partial charge in [-0.05, 0) is 46.4 Å². The number of amides is 1. The summed E-state index contributed by atoms with van der Waals surface area (Å²) in [5.74, 6) is 0.675. The Morgan fingerprint density at radius 2 is 2.00 bits per heavy atom. The molecule has 0 radical (unpaired) electrons. The minimum absolute atomic E-state index is 0.00881. The van der Waals surface area contributed by atoms with Gasteiger partial charge >= 0.3 is 6.09 Å². The Morgan fingerprint density at radius 1 is 1.30 bits per heavy atom. The van der Waals surface area contributed by atoms with Crippen LogP contribution in [0.1, 0.15) is 12.8 Å². The molecule has 0 aromatic carbocycles. The Morgan fingerprint density at radius 3 is 2.65 bits per heavy atom. The maximum absolute atomic E-state index is 11.4. The molecule has 0 aliphatic carbocycles. The van der Waals surface area contributed by atoms with Crippen molar-refractivity contribution in [2.45, 2.75) is 24.9 Å². The van der Waals surface area contributed by atoms with Crippen molar-refractivity contribution in [1.29, 1.82) is 0 Å². The van der Waals surface area contributed by atoms with Gasteiger partial charge in [-0.15, -0.1) is 0 Å². The number of carboxylic acid groups (broad SMARTS) is 1. The first-order valence-corrected chi connectivity index (χ1v) is 8.45. The van der Waals surface area contributed by atoms with E-state index in [2.05, 4.69) is 35.8 Å². The van der Waals surface area contributed by atoms with Crippen LogP contribution in [0.2, 0.25) is 5.28 Å². The van der Waals surface area contributed by atoms with Crippen LogP contribution in [0.3, 0.4) is 0 Å². The molecule has 2 saturated heterocycles. The van der Waals surface area contributed by atoms with Crippen LogP contribution in [0.25, 0.3) is 11.0 Å². The summed E-state index contributed by atoms with van der Waals surface area (Å²) in [7, 11) is 0. The van der Waals surface area contributed by atoms with Crippen LogP contribution in [0.5, 0.6) is 0 Å². The Bertz CT molecular complexity index is 785. The predicted octanol–water partition coefficient (Wildman–Crippen LogP) is 2.77. The molecule has 7 nitrogen and oxygen atoms in total. The zero-order valence-corrected chi connectivity index (χ0v) is 14.3. The Labute approximate surface area is 145 Å². The molecule has 2 aliphatic heterocycles. The summed E-state index contributed by atoms with van der Waals surface area (Å²) in [5.41, 5.74) is 1.35. The number of hydrogen-bond donors (Lipinski definition) is 1. The largest absolute Gasteiger partial charge is 0.465 e. The van der Waals surface area contributed by atoms with Crippen molar-refractivity contribution in [3.63, 3.8) is 0 Å². The van der Waals surface area contributed by atoms with E-state index in [0.29, 0.717) is 29.9 Å². The van der Waals surface area contributed by atoms with Gasteiger partial charge in [0.15, 0.2) is 5.82 Å². The van der Waals surface area contributed by atoms with E-state index in [0.717, 1.165) is 17.3 Å². The van der Waals surface area contributed by atoms with E-state index in [1.54, 1.807) is 11.1 Å². The lowest BCUT2D eigenvalue weighted by atomic mass is 10.2. The molecule has 1 amide bonds. The third-order valence-electron chi connectivity index (χ3n) is 4.46. The van der Waals surface area contributed by atoms with Gasteiger partial charge in [-0.3, -0.25) is 4.90 Å². The number of fused-ring (bicyclic) bond motifs is 3. The van der Waals surface area contributed by atoms with E-state index >= 15 is 0 Å². The van der Waals surface area contributed by atoms with Crippen LogP contribution in [-0.2, 0) is 0 Å². The van der Waals surface area contributed by atoms with Crippen LogP contribution in [0.4, 0.5) is 10.6 Å². The number of carbonyl (C=O) groups is 1. The van der Waals surface area contributed by atoms with Gasteiger partial charge in [0.05, 0.1) is 17.6 Å². The second-order valence-corrected chi connectivity index (χ2v) is 7.07.